The van der Waals surface area contributed by atoms with Crippen molar-refractivity contribution in [1.82, 2.24) is 21.4 Å². The average molecular weight is 1320 g/mol. The highest BCUT2D eigenvalue weighted by molar-refractivity contribution is 5.96. The van der Waals surface area contributed by atoms with Gasteiger partial charge in [-0.15, -0.1) is 0 Å². The summed E-state index contributed by atoms with van der Waals surface area (Å²) in [7, 11) is 2.41. The van der Waals surface area contributed by atoms with Crippen LogP contribution in [0, 0.1) is 0 Å². The lowest BCUT2D eigenvalue weighted by Crippen LogP contribution is -2.37. The molecule has 0 spiro atoms. The van der Waals surface area contributed by atoms with E-state index in [1.165, 1.54) is 17.5 Å². The second kappa shape index (κ2) is 45.0. The molecule has 0 unspecified atom stereocenters. The van der Waals surface area contributed by atoms with Crippen LogP contribution in [-0.4, -0.2) is 140 Å². The Morgan fingerprint density at radius 3 is 0.969 bits per heavy atom. The van der Waals surface area contributed by atoms with Gasteiger partial charge in [0.1, 0.15) is 6.54 Å². The second-order valence-corrected chi connectivity index (χ2v) is 20.9. The summed E-state index contributed by atoms with van der Waals surface area (Å²) < 4.78 is 8.52. The van der Waals surface area contributed by atoms with Crippen LogP contribution in [0.15, 0.2) is 188 Å². The zero-order valence-corrected chi connectivity index (χ0v) is 54.2. The Bertz CT molecular complexity index is 3380. The third-order valence-corrected chi connectivity index (χ3v) is 13.3. The van der Waals surface area contributed by atoms with E-state index >= 15 is 0 Å². The summed E-state index contributed by atoms with van der Waals surface area (Å²) in [6.07, 6.45) is 1.70. The number of carbonyl (C=O) groups excluding carboxylic acids is 8. The van der Waals surface area contributed by atoms with Crippen LogP contribution in [0.4, 0.5) is 42.8 Å². The molecule has 7 amide bonds. The molecule has 25 heteroatoms. The molecule has 12 N–H and O–H groups in total. The highest BCUT2D eigenvalue weighted by atomic mass is 16.5. The Kier molecular flexibility index (Phi) is 36.9. The van der Waals surface area contributed by atoms with Crippen molar-refractivity contribution < 1.29 is 77.9 Å². The molecule has 0 aromatic heterocycles. The van der Waals surface area contributed by atoms with E-state index in [0.717, 1.165) is 82.6 Å². The van der Waals surface area contributed by atoms with Crippen LogP contribution in [-0.2, 0) is 81.6 Å². The first kappa shape index (κ1) is 78.8. The molecule has 0 aliphatic heterocycles. The van der Waals surface area contributed by atoms with Gasteiger partial charge in [0.15, 0.2) is 11.6 Å². The summed E-state index contributed by atoms with van der Waals surface area (Å²) in [5.41, 5.74) is 21.4. The largest absolute Gasteiger partial charge is 0.481 e. The van der Waals surface area contributed by atoms with Crippen LogP contribution in [0.25, 0.3) is 0 Å². The first-order valence-electron chi connectivity index (χ1n) is 30.4. The van der Waals surface area contributed by atoms with E-state index in [0.29, 0.717) is 25.1 Å². The number of ketones is 2. The van der Waals surface area contributed by atoms with Crippen LogP contribution in [0.1, 0.15) is 60.1 Å². The summed E-state index contributed by atoms with van der Waals surface area (Å²) in [4.78, 5) is 119. The summed E-state index contributed by atoms with van der Waals surface area (Å²) in [5, 5.41) is 40.6. The molecule has 0 heterocycles. The lowest BCUT2D eigenvalue weighted by molar-refractivity contribution is -0.137. The van der Waals surface area contributed by atoms with Crippen molar-refractivity contribution in [3.63, 3.8) is 0 Å². The Hall–Kier alpha value is -11.4. The van der Waals surface area contributed by atoms with Gasteiger partial charge in [-0.2, -0.15) is 0 Å². The molecule has 7 aromatic rings. The molecule has 0 aliphatic carbocycles. The van der Waals surface area contributed by atoms with Gasteiger partial charge >= 0.3 is 30.2 Å². The molecule has 0 radical (unpaired) electrons. The second-order valence-electron chi connectivity index (χ2n) is 20.9. The SMILES string of the molecule is CCCN(C(=O)Cc1ccc(CC(=O)CNC(=O)OC)cc1)c1ccccc1.CCCN(C(=O)Cc1ccc(N)cc1)c1ccccc1.COC(=O)NCC(=O)O.Nc1ccc(CC(=O)O)cc1.O=C(CNC(=O)NO)Cc1ccc(CC(=O)N(CCO)c2ccccc2)cc1. The number of Topliss-reactive ketones (excluding diaryl/α,β-unsaturated/α-hetero) is 2. The summed E-state index contributed by atoms with van der Waals surface area (Å²) in [5.74, 6) is -2.24. The van der Waals surface area contributed by atoms with Gasteiger partial charge in [-0.3, -0.25) is 38.8 Å². The minimum absolute atomic E-state index is 0.0409. The van der Waals surface area contributed by atoms with E-state index in [9.17, 15) is 53.1 Å². The van der Waals surface area contributed by atoms with Crippen LogP contribution < -0.4 is 47.6 Å². The zero-order chi connectivity index (χ0) is 70.6. The fraction of sp³-hybridized carbons (Fsp3) is 0.268. The van der Waals surface area contributed by atoms with Gasteiger partial charge in [-0.1, -0.05) is 141 Å². The molecular weight excluding hydrogens is 1230 g/mol. The molecule has 7 aromatic carbocycles. The number of urea groups is 1. The summed E-state index contributed by atoms with van der Waals surface area (Å²) >= 11 is 0. The quantitative estimate of drug-likeness (QED) is 0.0133. The minimum atomic E-state index is -1.10. The average Bonchev–Trinajstić information content (AvgIpc) is 1.25. The first-order valence-corrected chi connectivity index (χ1v) is 30.4. The fourth-order valence-corrected chi connectivity index (χ4v) is 8.63. The maximum absolute atomic E-state index is 12.8. The monoisotopic (exact) mass is 1320 g/mol. The number of aliphatic hydroxyl groups excluding tert-OH is 1. The Morgan fingerprint density at radius 1 is 0.385 bits per heavy atom. The number of aliphatic carboxylic acids is 2. The number of nitrogens with one attached hydrogen (secondary N) is 4. The third-order valence-electron chi connectivity index (χ3n) is 13.3. The molecule has 0 fully saturated rings. The van der Waals surface area contributed by atoms with Gasteiger partial charge in [0, 0.05) is 60.9 Å². The molecule has 0 aliphatic rings. The predicted octanol–water partition coefficient (Wildman–Crippen LogP) is 7.77. The van der Waals surface area contributed by atoms with Crippen molar-refractivity contribution >= 4 is 87.9 Å². The molecule has 0 saturated carbocycles. The highest BCUT2D eigenvalue weighted by Crippen LogP contribution is 2.20. The number of nitrogen functional groups attached to an aromatic ring is 2. The first-order chi connectivity index (χ1) is 46.1. The number of para-hydroxylation sites is 3. The number of carboxylic acid groups (broad SMARTS) is 2. The molecule has 96 heavy (non-hydrogen) atoms. The lowest BCUT2D eigenvalue weighted by Gasteiger charge is -2.22. The van der Waals surface area contributed by atoms with Gasteiger partial charge in [0.2, 0.25) is 17.7 Å². The number of hydrogen-bond donors (Lipinski definition) is 10. The highest BCUT2D eigenvalue weighted by Gasteiger charge is 2.19. The van der Waals surface area contributed by atoms with Crippen molar-refractivity contribution in [2.75, 3.05) is 86.3 Å². The number of anilines is 5. The van der Waals surface area contributed by atoms with Crippen LogP contribution in [0.3, 0.4) is 0 Å². The number of rotatable bonds is 27. The van der Waals surface area contributed by atoms with Gasteiger partial charge < -0.3 is 66.9 Å². The molecular formula is C71H85N9O16. The van der Waals surface area contributed by atoms with Gasteiger partial charge in [0.25, 0.3) is 0 Å². The number of alkyl carbamates (subject to hydrolysis) is 2. The van der Waals surface area contributed by atoms with E-state index in [2.05, 4.69) is 27.0 Å². The Labute approximate surface area is 558 Å². The number of carboxylic acids is 2. The number of amides is 7. The molecule has 7 rings (SSSR count). The van der Waals surface area contributed by atoms with E-state index < -0.39 is 36.7 Å². The van der Waals surface area contributed by atoms with Crippen molar-refractivity contribution in [2.45, 2.75) is 65.2 Å². The number of aliphatic hydroxyl groups is 1. The van der Waals surface area contributed by atoms with Crippen LogP contribution in [0.2, 0.25) is 0 Å². The molecule has 0 saturated heterocycles. The van der Waals surface area contributed by atoms with E-state index in [4.69, 9.17) is 26.9 Å². The number of ether oxygens (including phenoxy) is 2. The minimum Gasteiger partial charge on any atom is -0.481 e. The number of nitrogens with two attached hydrogens (primary N) is 2. The topological polar surface area (TPSA) is 380 Å². The van der Waals surface area contributed by atoms with Gasteiger partial charge in [0.05, 0.1) is 59.6 Å². The summed E-state index contributed by atoms with van der Waals surface area (Å²) in [6.45, 7) is 4.92. The number of carbonyl (C=O) groups is 10. The van der Waals surface area contributed by atoms with Gasteiger partial charge in [-0.25, -0.2) is 19.9 Å². The van der Waals surface area contributed by atoms with E-state index in [1.54, 1.807) is 53.4 Å². The van der Waals surface area contributed by atoms with Crippen molar-refractivity contribution in [2.24, 2.45) is 0 Å². The number of methoxy groups -OCH3 is 2. The van der Waals surface area contributed by atoms with Crippen LogP contribution in [0.5, 0.6) is 0 Å². The van der Waals surface area contributed by atoms with E-state index in [1.807, 2.05) is 157 Å². The Morgan fingerprint density at radius 2 is 0.677 bits per heavy atom. The van der Waals surface area contributed by atoms with Crippen molar-refractivity contribution in [3.05, 3.63) is 221 Å². The number of nitrogens with zero attached hydrogens (tertiary/aromatic N) is 3. The van der Waals surface area contributed by atoms with Gasteiger partial charge in [-0.05, 0) is 107 Å². The number of benzene rings is 7. The third kappa shape index (κ3) is 32.2. The Balaban J connectivity index is 0.000000331. The summed E-state index contributed by atoms with van der Waals surface area (Å²) in [6, 6.07) is 56.5. The maximum Gasteiger partial charge on any atom is 0.407 e. The normalized spacial score (nSPS) is 9.94. The number of hydroxylamine groups is 1. The zero-order valence-electron chi connectivity index (χ0n) is 54.2. The molecule has 25 nitrogen and oxygen atoms in total. The van der Waals surface area contributed by atoms with Crippen molar-refractivity contribution in [1.29, 1.82) is 0 Å². The molecule has 0 bridgehead atoms. The van der Waals surface area contributed by atoms with Crippen LogP contribution >= 0.6 is 0 Å². The molecule has 0 atom stereocenters. The standard InChI is InChI=1S/C22H26N2O4.C20H23N3O5.C17H20N2O.C8H9NO2.C4H7NO4/c1-3-13-24(19-7-5-4-6-8-19)21(26)15-18-11-9-17(10-12-18)14-20(25)16-23-22(27)28-2;24-11-10-23(17-4-2-1-3-5-17)19(26)13-16-8-6-15(7-9-16)12-18(25)14-21-20(27)22-28;1-2-12-19(16-6-4-3-5-7-16)17(20)13-14-8-10-15(18)11-9-14;9-7-3-1-6(2-4-7)5-8(10)11;1-9-4(8)5-2-3(6)7/h4-12H,3,13-16H2,1-2H3,(H,23,27);1-9,24,28H,10-14H2,(H2,21,22,27);3-11H,2,12-13,18H2,1H3;1-4H,5,9H2,(H,10,11);2H2,1H3,(H,5,8)(H,6,7). The molecule has 510 valence electrons. The maximum atomic E-state index is 12.8. The lowest BCUT2D eigenvalue weighted by atomic mass is 10.0. The van der Waals surface area contributed by atoms with Crippen molar-refractivity contribution in [3.8, 4) is 0 Å². The fourth-order valence-electron chi connectivity index (χ4n) is 8.63. The number of hydrogen-bond acceptors (Lipinski definition) is 16. The smallest absolute Gasteiger partial charge is 0.407 e. The predicted molar refractivity (Wildman–Crippen MR) is 365 cm³/mol. The van der Waals surface area contributed by atoms with E-state index in [-0.39, 0.29) is 81.2 Å².